The predicted octanol–water partition coefficient (Wildman–Crippen LogP) is -1.14. The van der Waals surface area contributed by atoms with Crippen molar-refractivity contribution < 1.29 is 4.79 Å². The van der Waals surface area contributed by atoms with Crippen LogP contribution in [0.15, 0.2) is 37.2 Å². The summed E-state index contributed by atoms with van der Waals surface area (Å²) in [6.45, 7) is 0. The summed E-state index contributed by atoms with van der Waals surface area (Å²) in [7, 11) is 0. The first-order valence-electron chi connectivity index (χ1n) is 3.75. The molecule has 0 radical (unpaired) electrons. The molecule has 11 heteroatoms. The van der Waals surface area contributed by atoms with Crippen LogP contribution in [0.1, 0.15) is 0 Å². The predicted molar refractivity (Wildman–Crippen MR) is 42.3 cm³/mol. The van der Waals surface area contributed by atoms with Crippen LogP contribution in [-0.2, 0) is 0 Å². The number of rotatable bonds is 0. The van der Waals surface area contributed by atoms with Gasteiger partial charge in [-0.15, -0.1) is 10.2 Å². The van der Waals surface area contributed by atoms with Crippen LogP contribution in [0.25, 0.3) is 5.43 Å². The molecule has 0 spiro atoms. The summed E-state index contributed by atoms with van der Waals surface area (Å²) in [5, 5.41) is 24.3. The van der Waals surface area contributed by atoms with Gasteiger partial charge in [-0.25, -0.2) is 5.21 Å². The Bertz CT molecular complexity index is 515. The maximum absolute atomic E-state index is 5.62. The molecule has 0 aliphatic carbocycles. The number of nitrogens with two attached hydrogens (primary N) is 1. The Morgan fingerprint density at radius 2 is 2.00 bits per heavy atom. The third kappa shape index (κ3) is 1.06. The van der Waals surface area contributed by atoms with Gasteiger partial charge in [0.05, 0.1) is 10.8 Å². The summed E-state index contributed by atoms with van der Waals surface area (Å²) in [5.41, 5.74) is 9.82. The molecule has 0 saturated heterocycles. The molecule has 0 atom stereocenters. The highest BCUT2D eigenvalue weighted by atomic mass is 15.7. The zero-order valence-corrected chi connectivity index (χ0v) is 7.05. The Balaban J connectivity index is 2.13. The number of aromatic nitrogens is 4. The molecule has 0 saturated carbocycles. The highest BCUT2D eigenvalue weighted by Crippen LogP contribution is 2.21. The van der Waals surface area contributed by atoms with Crippen molar-refractivity contribution in [3.05, 3.63) is 16.9 Å². The Kier molecular flexibility index (Phi) is 1.34. The molecule has 2 aliphatic rings. The number of hydrogen-bond acceptors (Lipinski definition) is 8. The van der Waals surface area contributed by atoms with E-state index in [2.05, 4.69) is 46.6 Å². The monoisotopic (exact) mass is 204 g/mol. The quantitative estimate of drug-likeness (QED) is 0.532. The lowest BCUT2D eigenvalue weighted by Crippen LogP contribution is -2.40. The summed E-state index contributed by atoms with van der Waals surface area (Å²) in [5.74, 6) is 0.494. The molecule has 1 aromatic rings. The summed E-state index contributed by atoms with van der Waals surface area (Å²) >= 11 is 0. The van der Waals surface area contributed by atoms with E-state index in [-0.39, 0.29) is 23.3 Å². The van der Waals surface area contributed by atoms with Gasteiger partial charge in [-0.2, -0.15) is 0 Å². The minimum atomic E-state index is 0.118. The number of nitrogens with zero attached hydrogens (tertiary/aromatic N) is 10. The van der Waals surface area contributed by atoms with Gasteiger partial charge in [0.25, 0.3) is 0 Å². The lowest BCUT2D eigenvalue weighted by molar-refractivity contribution is -0.677. The fourth-order valence-electron chi connectivity index (χ4n) is 1.02. The van der Waals surface area contributed by atoms with E-state index in [0.29, 0.717) is 0 Å². The van der Waals surface area contributed by atoms with E-state index in [0.717, 1.165) is 4.79 Å². The van der Waals surface area contributed by atoms with E-state index < -0.39 is 0 Å². The molecular formula is C4H2N11-. The van der Waals surface area contributed by atoms with Gasteiger partial charge in [0.1, 0.15) is 0 Å². The van der Waals surface area contributed by atoms with Crippen molar-refractivity contribution in [3.63, 3.8) is 0 Å². The van der Waals surface area contributed by atoms with Crippen molar-refractivity contribution in [1.29, 1.82) is 0 Å². The second-order valence-corrected chi connectivity index (χ2v) is 2.52. The van der Waals surface area contributed by atoms with Gasteiger partial charge in [0, 0.05) is 0 Å². The van der Waals surface area contributed by atoms with E-state index in [4.69, 9.17) is 5.73 Å². The number of hydrogen-bond donors (Lipinski definition) is 1. The topological polar surface area (TPSA) is 146 Å². The van der Waals surface area contributed by atoms with E-state index in [9.17, 15) is 0 Å². The molecule has 11 nitrogen and oxygen atoms in total. The van der Waals surface area contributed by atoms with Crippen molar-refractivity contribution in [1.82, 2.24) is 15.5 Å². The second kappa shape index (κ2) is 2.63. The first kappa shape index (κ1) is 7.66. The van der Waals surface area contributed by atoms with Crippen LogP contribution in [0.4, 0.5) is 5.95 Å². The van der Waals surface area contributed by atoms with E-state index >= 15 is 0 Å². The van der Waals surface area contributed by atoms with Gasteiger partial charge in [0.2, 0.25) is 5.82 Å². The lowest BCUT2D eigenvalue weighted by atomic mass is 10.4. The maximum atomic E-state index is 5.62. The van der Waals surface area contributed by atoms with Crippen molar-refractivity contribution in [2.75, 3.05) is 0 Å². The number of amidine groups is 1. The van der Waals surface area contributed by atoms with Gasteiger partial charge >= 0.3 is 5.95 Å². The third-order valence-electron chi connectivity index (χ3n) is 1.63. The summed E-state index contributed by atoms with van der Waals surface area (Å²) in [4.78, 5) is 5.01. The largest absolute Gasteiger partial charge is 0.414 e. The number of fused-ring (bicyclic) bond motifs is 1. The highest BCUT2D eigenvalue weighted by Gasteiger charge is 2.20. The van der Waals surface area contributed by atoms with Gasteiger partial charge in [0.15, 0.2) is 5.84 Å². The summed E-state index contributed by atoms with van der Waals surface area (Å²) < 4.78 is 0. The van der Waals surface area contributed by atoms with Gasteiger partial charge in [-0.3, -0.25) is 4.79 Å². The van der Waals surface area contributed by atoms with Crippen LogP contribution in [0, 0.1) is 0 Å². The van der Waals surface area contributed by atoms with Crippen molar-refractivity contribution in [2.45, 2.75) is 0 Å². The average Bonchev–Trinajstić information content (AvgIpc) is 2.85. The van der Waals surface area contributed by atoms with Gasteiger partial charge in [-0.05, 0) is 15.7 Å². The molecule has 2 aliphatic heterocycles. The standard InChI is InChI=1S/C4H2N11/c5-2-1(3-7-11-12-8-3)10-15-4(6-2)9-13-14-15/h(H2-2,5,6,9,10,13,14)/q-1. The van der Waals surface area contributed by atoms with Crippen molar-refractivity contribution in [2.24, 2.45) is 31.4 Å². The third-order valence-corrected chi connectivity index (χ3v) is 1.63. The Hall–Kier alpha value is -2.72. The molecule has 0 aromatic carbocycles. The fourth-order valence-corrected chi connectivity index (χ4v) is 1.02. The maximum Gasteiger partial charge on any atom is 0.414 e. The number of aliphatic imine (C=N–C) groups is 1. The van der Waals surface area contributed by atoms with Crippen molar-refractivity contribution in [3.8, 4) is 0 Å². The molecule has 0 fully saturated rings. The van der Waals surface area contributed by atoms with Crippen molar-refractivity contribution >= 4 is 11.8 Å². The fraction of sp³-hybridized carbons (Fsp3) is 0. The minimum Gasteiger partial charge on any atom is -0.384 e. The molecule has 1 aromatic heterocycles. The molecule has 74 valence electrons. The Labute approximate surface area is 81.4 Å². The first-order chi connectivity index (χ1) is 7.34. The first-order valence-corrected chi connectivity index (χ1v) is 3.75. The van der Waals surface area contributed by atoms with Crippen LogP contribution < -0.4 is 15.7 Å². The van der Waals surface area contributed by atoms with E-state index in [1.165, 1.54) is 0 Å². The van der Waals surface area contributed by atoms with E-state index in [1.807, 2.05) is 0 Å². The molecule has 0 amide bonds. The minimum absolute atomic E-state index is 0.118. The van der Waals surface area contributed by atoms with Gasteiger partial charge < -0.3 is 11.2 Å². The Morgan fingerprint density at radius 3 is 2.80 bits per heavy atom. The molecular weight excluding hydrogens is 202 g/mol. The average molecular weight is 204 g/mol. The highest BCUT2D eigenvalue weighted by molar-refractivity contribution is 6.01. The molecule has 2 N–H and O–H groups in total. The number of tetrazole rings is 1. The van der Waals surface area contributed by atoms with Crippen LogP contribution in [0.2, 0.25) is 0 Å². The van der Waals surface area contributed by atoms with E-state index in [1.54, 1.807) is 0 Å². The SMILES string of the molecule is NC1=Nc2nn[n-][n+]2[N-]C1=C1N=NN=N1. The van der Waals surface area contributed by atoms with Crippen LogP contribution in [-0.4, -0.2) is 16.1 Å². The van der Waals surface area contributed by atoms with Crippen LogP contribution >= 0.6 is 0 Å². The molecule has 3 heterocycles. The van der Waals surface area contributed by atoms with Crippen LogP contribution in [0.5, 0.6) is 0 Å². The zero-order valence-electron chi connectivity index (χ0n) is 7.05. The molecule has 3 rings (SSSR count). The molecule has 0 unspecified atom stereocenters. The summed E-state index contributed by atoms with van der Waals surface area (Å²) in [6.07, 6.45) is 0. The normalized spacial score (nSPS) is 17.7. The lowest BCUT2D eigenvalue weighted by Gasteiger charge is -2.19. The van der Waals surface area contributed by atoms with Gasteiger partial charge in [-0.1, -0.05) is 4.99 Å². The van der Waals surface area contributed by atoms with Crippen LogP contribution in [0.3, 0.4) is 0 Å². The smallest absolute Gasteiger partial charge is 0.384 e. The molecule has 15 heavy (non-hydrogen) atoms. The second-order valence-electron chi connectivity index (χ2n) is 2.52. The molecule has 0 bridgehead atoms. The Morgan fingerprint density at radius 1 is 1.20 bits per heavy atom. The summed E-state index contributed by atoms with van der Waals surface area (Å²) in [6, 6.07) is 0. The zero-order chi connectivity index (χ0) is 10.3.